The van der Waals surface area contributed by atoms with Crippen molar-refractivity contribution in [1.29, 1.82) is 0 Å². The number of aromatic nitrogens is 6. The molecule has 0 spiro atoms. The zero-order valence-corrected chi connectivity index (χ0v) is 17.9. The highest BCUT2D eigenvalue weighted by Gasteiger charge is 2.34. The van der Waals surface area contributed by atoms with E-state index in [4.69, 9.17) is 9.15 Å². The van der Waals surface area contributed by atoms with Crippen molar-refractivity contribution < 1.29 is 26.7 Å². The summed E-state index contributed by atoms with van der Waals surface area (Å²) in [7, 11) is 1.57. The molecule has 0 unspecified atom stereocenters. The van der Waals surface area contributed by atoms with Crippen LogP contribution in [0.2, 0.25) is 0 Å². The lowest BCUT2D eigenvalue weighted by Crippen LogP contribution is -2.08. The van der Waals surface area contributed by atoms with Crippen molar-refractivity contribution in [3.05, 3.63) is 78.0 Å². The summed E-state index contributed by atoms with van der Waals surface area (Å²) in [6.07, 6.45) is 0.00967. The van der Waals surface area contributed by atoms with Gasteiger partial charge in [0.1, 0.15) is 35.5 Å². The van der Waals surface area contributed by atoms with Crippen LogP contribution in [0, 0.1) is 5.82 Å². The Balaban J connectivity index is 1.45. The number of nitrogens with zero attached hydrogens (tertiary/aromatic N) is 6. The second-order valence-electron chi connectivity index (χ2n) is 7.81. The molecule has 2 aromatic carbocycles. The molecule has 1 aliphatic heterocycles. The molecule has 0 amide bonds. The fourth-order valence-electron chi connectivity index (χ4n) is 4.10. The van der Waals surface area contributed by atoms with Gasteiger partial charge >= 0.3 is 6.18 Å². The summed E-state index contributed by atoms with van der Waals surface area (Å²) in [5.41, 5.74) is 2.23. The van der Waals surface area contributed by atoms with E-state index in [1.807, 2.05) is 16.7 Å². The molecule has 0 radical (unpaired) electrons. The molecule has 6 rings (SSSR count). The van der Waals surface area contributed by atoms with Crippen molar-refractivity contribution in [2.45, 2.75) is 12.6 Å². The summed E-state index contributed by atoms with van der Waals surface area (Å²) < 4.78 is 67.7. The zero-order chi connectivity index (χ0) is 24.3. The normalized spacial score (nSPS) is 12.6. The first kappa shape index (κ1) is 21.1. The van der Waals surface area contributed by atoms with Crippen LogP contribution < -0.4 is 4.74 Å². The Bertz CT molecular complexity index is 1580. The number of methoxy groups -OCH3 is 1. The van der Waals surface area contributed by atoms with Crippen LogP contribution >= 0.6 is 0 Å². The van der Waals surface area contributed by atoms with Crippen molar-refractivity contribution in [3.8, 4) is 40.0 Å². The van der Waals surface area contributed by atoms with Crippen LogP contribution in [0.25, 0.3) is 34.2 Å². The molecule has 0 bridgehead atoms. The lowest BCUT2D eigenvalue weighted by atomic mass is 10.1. The summed E-state index contributed by atoms with van der Waals surface area (Å²) in [5.74, 6) is -0.601. The number of benzene rings is 2. The van der Waals surface area contributed by atoms with E-state index in [9.17, 15) is 17.6 Å². The highest BCUT2D eigenvalue weighted by molar-refractivity contribution is 5.66. The summed E-state index contributed by atoms with van der Waals surface area (Å²) in [6, 6.07) is 8.18. The second kappa shape index (κ2) is 7.52. The summed E-state index contributed by atoms with van der Waals surface area (Å²) in [4.78, 5) is 8.82. The highest BCUT2D eigenvalue weighted by atomic mass is 19.4. The van der Waals surface area contributed by atoms with Crippen LogP contribution in [0.4, 0.5) is 17.6 Å². The lowest BCUT2D eigenvalue weighted by molar-refractivity contribution is -0.139. The number of alkyl halides is 3. The van der Waals surface area contributed by atoms with Gasteiger partial charge in [-0.2, -0.15) is 13.2 Å². The zero-order valence-electron chi connectivity index (χ0n) is 17.9. The predicted molar refractivity (Wildman–Crippen MR) is 114 cm³/mol. The molecule has 0 saturated heterocycles. The number of rotatable bonds is 3. The van der Waals surface area contributed by atoms with Gasteiger partial charge in [0.2, 0.25) is 5.89 Å². The maximum Gasteiger partial charge on any atom is 0.419 e. The van der Waals surface area contributed by atoms with E-state index in [0.717, 1.165) is 28.8 Å². The first-order valence-corrected chi connectivity index (χ1v) is 10.3. The van der Waals surface area contributed by atoms with Gasteiger partial charge in [-0.25, -0.2) is 19.0 Å². The second-order valence-corrected chi connectivity index (χ2v) is 7.81. The highest BCUT2D eigenvalue weighted by Crippen LogP contribution is 2.37. The van der Waals surface area contributed by atoms with Gasteiger partial charge in [0.05, 0.1) is 41.6 Å². The molecule has 176 valence electrons. The van der Waals surface area contributed by atoms with Crippen molar-refractivity contribution in [3.63, 3.8) is 0 Å². The fourth-order valence-corrected chi connectivity index (χ4v) is 4.10. The van der Waals surface area contributed by atoms with Crippen molar-refractivity contribution >= 4 is 0 Å². The Morgan fingerprint density at radius 1 is 1.09 bits per heavy atom. The van der Waals surface area contributed by atoms with Gasteiger partial charge in [-0.1, -0.05) is 5.21 Å². The van der Waals surface area contributed by atoms with E-state index in [1.165, 1.54) is 12.3 Å². The number of hydrogen-bond donors (Lipinski definition) is 0. The molecule has 0 fully saturated rings. The molecule has 1 aliphatic rings. The molecule has 0 N–H and O–H groups in total. The maximum absolute atomic E-state index is 13.7. The summed E-state index contributed by atoms with van der Waals surface area (Å²) in [5, 5.41) is 8.21. The van der Waals surface area contributed by atoms with Crippen LogP contribution in [0.3, 0.4) is 0 Å². The molecule has 3 aromatic heterocycles. The quantitative estimate of drug-likeness (QED) is 0.336. The van der Waals surface area contributed by atoms with E-state index >= 15 is 0 Å². The molecule has 0 atom stereocenters. The van der Waals surface area contributed by atoms with Crippen molar-refractivity contribution in [1.82, 2.24) is 29.5 Å². The van der Waals surface area contributed by atoms with E-state index in [-0.39, 0.29) is 17.1 Å². The summed E-state index contributed by atoms with van der Waals surface area (Å²) in [6.45, 7) is 0. The minimum Gasteiger partial charge on any atom is -0.497 e. The molecular weight excluding hydrogens is 468 g/mol. The monoisotopic (exact) mass is 482 g/mol. The first-order valence-electron chi connectivity index (χ1n) is 10.3. The van der Waals surface area contributed by atoms with Gasteiger partial charge < -0.3 is 9.15 Å². The molecular formula is C23H14F4N6O2. The maximum atomic E-state index is 13.7. The first-order chi connectivity index (χ1) is 16.8. The number of oxazole rings is 1. The van der Waals surface area contributed by atoms with E-state index in [2.05, 4.69) is 20.3 Å². The Morgan fingerprint density at radius 3 is 2.74 bits per heavy atom. The van der Waals surface area contributed by atoms with Crippen LogP contribution in [-0.2, 0) is 12.6 Å². The minimum absolute atomic E-state index is 0.0683. The average molecular weight is 482 g/mol. The number of halogens is 4. The van der Waals surface area contributed by atoms with Gasteiger partial charge in [-0.3, -0.25) is 4.57 Å². The van der Waals surface area contributed by atoms with Gasteiger partial charge in [-0.05, 0) is 30.3 Å². The van der Waals surface area contributed by atoms with E-state index in [0.29, 0.717) is 23.9 Å². The molecule has 35 heavy (non-hydrogen) atoms. The SMILES string of the molecule is COc1ccc2c(c1)-n1nncc1Cc1c(-c3nc(-c4ccc(F)c(C(F)(F)F)c4)co3)ncn1-2. The van der Waals surface area contributed by atoms with E-state index < -0.39 is 17.6 Å². The topological polar surface area (TPSA) is 83.8 Å². The van der Waals surface area contributed by atoms with Gasteiger partial charge in [0.15, 0.2) is 0 Å². The number of imidazole rings is 1. The molecule has 4 heterocycles. The third-order valence-electron chi connectivity index (χ3n) is 5.78. The number of hydrogen-bond acceptors (Lipinski definition) is 6. The Hall–Kier alpha value is -4.48. The van der Waals surface area contributed by atoms with Crippen LogP contribution in [0.15, 0.2) is 59.6 Å². The molecule has 5 aromatic rings. The van der Waals surface area contributed by atoms with E-state index in [1.54, 1.807) is 30.4 Å². The third-order valence-corrected chi connectivity index (χ3v) is 5.78. The van der Waals surface area contributed by atoms with Gasteiger partial charge in [0, 0.05) is 18.1 Å². The Kier molecular flexibility index (Phi) is 4.53. The number of fused-ring (bicyclic) bond motifs is 5. The molecule has 0 aliphatic carbocycles. The van der Waals surface area contributed by atoms with Crippen LogP contribution in [0.5, 0.6) is 5.75 Å². The van der Waals surface area contributed by atoms with Crippen LogP contribution in [0.1, 0.15) is 17.0 Å². The average Bonchev–Trinajstić information content (AvgIpc) is 3.57. The molecule has 0 saturated carbocycles. The van der Waals surface area contributed by atoms with Crippen molar-refractivity contribution in [2.24, 2.45) is 0 Å². The van der Waals surface area contributed by atoms with Crippen molar-refractivity contribution in [2.75, 3.05) is 7.11 Å². The predicted octanol–water partition coefficient (Wildman–Crippen LogP) is 4.85. The Morgan fingerprint density at radius 2 is 1.94 bits per heavy atom. The third kappa shape index (κ3) is 3.36. The Labute approximate surface area is 194 Å². The fraction of sp³-hybridized carbons (Fsp3) is 0.130. The van der Waals surface area contributed by atoms with Crippen LogP contribution in [-0.4, -0.2) is 36.6 Å². The molecule has 12 heteroatoms. The summed E-state index contributed by atoms with van der Waals surface area (Å²) >= 11 is 0. The number of ether oxygens (including phenoxy) is 1. The largest absolute Gasteiger partial charge is 0.497 e. The minimum atomic E-state index is -4.83. The smallest absolute Gasteiger partial charge is 0.419 e. The lowest BCUT2D eigenvalue weighted by Gasteiger charge is -2.11. The standard InChI is InChI=1S/C23H14F4N6O2/c1-34-14-3-5-18-19(8-14)33-13(9-29-31-33)7-20-21(28-11-32(18)20)22-30-17(10-35-22)12-2-4-16(24)15(6-12)23(25,26)27/h2-6,8-11H,7H2,1H3. The molecule has 8 nitrogen and oxygen atoms in total. The van der Waals surface area contributed by atoms with Gasteiger partial charge in [0.25, 0.3) is 0 Å². The van der Waals surface area contributed by atoms with Gasteiger partial charge in [-0.15, -0.1) is 5.10 Å².